The Bertz CT molecular complexity index is 594. The Morgan fingerprint density at radius 2 is 2.06 bits per heavy atom. The fraction of sp³-hybridized carbons (Fsp3) is 0.0909. The number of hydrogen-bond acceptors (Lipinski definition) is 2. The van der Waals surface area contributed by atoms with Crippen LogP contribution < -0.4 is 4.72 Å². The molecule has 4 nitrogen and oxygen atoms in total. The fourth-order valence-corrected chi connectivity index (χ4v) is 2.67. The van der Waals surface area contributed by atoms with Crippen LogP contribution >= 0.6 is 11.6 Å². The van der Waals surface area contributed by atoms with Crippen molar-refractivity contribution in [2.45, 2.75) is 11.4 Å². The van der Waals surface area contributed by atoms with E-state index in [1.165, 1.54) is 12.1 Å². The van der Waals surface area contributed by atoms with Gasteiger partial charge in [0, 0.05) is 16.9 Å². The third-order valence-electron chi connectivity index (χ3n) is 2.22. The molecule has 1 aromatic heterocycles. The zero-order valence-corrected chi connectivity index (χ0v) is 10.4. The van der Waals surface area contributed by atoms with Gasteiger partial charge >= 0.3 is 0 Å². The molecule has 0 atom stereocenters. The lowest BCUT2D eigenvalue weighted by Crippen LogP contribution is -2.23. The Kier molecular flexibility index (Phi) is 3.51. The zero-order valence-electron chi connectivity index (χ0n) is 8.85. The molecule has 2 N–H and O–H groups in total. The summed E-state index contributed by atoms with van der Waals surface area (Å²) in [6.45, 7) is 0.224. The van der Waals surface area contributed by atoms with Gasteiger partial charge in [-0.05, 0) is 30.3 Å². The SMILES string of the molecule is O=S(=O)(NCc1ccc[nH]1)c1cccc(Cl)c1. The summed E-state index contributed by atoms with van der Waals surface area (Å²) in [5, 5.41) is 0.396. The summed E-state index contributed by atoms with van der Waals surface area (Å²) in [4.78, 5) is 3.08. The molecule has 0 radical (unpaired) electrons. The predicted octanol–water partition coefficient (Wildman–Crippen LogP) is 2.15. The van der Waals surface area contributed by atoms with Crippen molar-refractivity contribution in [1.29, 1.82) is 0 Å². The second-order valence-corrected chi connectivity index (χ2v) is 5.68. The molecule has 0 aliphatic carbocycles. The molecule has 17 heavy (non-hydrogen) atoms. The van der Waals surface area contributed by atoms with Gasteiger partial charge in [-0.1, -0.05) is 17.7 Å². The number of benzene rings is 1. The smallest absolute Gasteiger partial charge is 0.240 e. The summed E-state index contributed by atoms with van der Waals surface area (Å²) in [7, 11) is -3.51. The first kappa shape index (κ1) is 12.2. The maximum atomic E-state index is 11.9. The first-order chi connectivity index (χ1) is 8.08. The van der Waals surface area contributed by atoms with Gasteiger partial charge in [-0.2, -0.15) is 0 Å². The van der Waals surface area contributed by atoms with Crippen molar-refractivity contribution in [1.82, 2.24) is 9.71 Å². The molecule has 1 aromatic carbocycles. The number of sulfonamides is 1. The van der Waals surface area contributed by atoms with Crippen LogP contribution in [0, 0.1) is 0 Å². The third-order valence-corrected chi connectivity index (χ3v) is 3.86. The summed E-state index contributed by atoms with van der Waals surface area (Å²) in [5.74, 6) is 0. The summed E-state index contributed by atoms with van der Waals surface area (Å²) < 4.78 is 26.3. The number of H-pyrrole nitrogens is 1. The highest BCUT2D eigenvalue weighted by atomic mass is 35.5. The maximum absolute atomic E-state index is 11.9. The molecule has 0 saturated heterocycles. The van der Waals surface area contributed by atoms with Gasteiger partial charge in [-0.15, -0.1) is 0 Å². The average Bonchev–Trinajstić information content (AvgIpc) is 2.79. The standard InChI is InChI=1S/C11H11ClN2O2S/c12-9-3-1-5-11(7-9)17(15,16)14-8-10-4-2-6-13-10/h1-7,13-14H,8H2. The minimum atomic E-state index is -3.51. The van der Waals surface area contributed by atoms with Gasteiger partial charge in [0.15, 0.2) is 0 Å². The van der Waals surface area contributed by atoms with Crippen LogP contribution in [0.25, 0.3) is 0 Å². The van der Waals surface area contributed by atoms with Gasteiger partial charge in [-0.25, -0.2) is 13.1 Å². The van der Waals surface area contributed by atoms with Crippen molar-refractivity contribution in [3.63, 3.8) is 0 Å². The van der Waals surface area contributed by atoms with Gasteiger partial charge in [0.25, 0.3) is 0 Å². The molecule has 1 heterocycles. The molecule has 0 fully saturated rings. The highest BCUT2D eigenvalue weighted by molar-refractivity contribution is 7.89. The van der Waals surface area contributed by atoms with Crippen molar-refractivity contribution >= 4 is 21.6 Å². The van der Waals surface area contributed by atoms with E-state index in [1.807, 2.05) is 6.07 Å². The van der Waals surface area contributed by atoms with E-state index in [9.17, 15) is 8.42 Å². The van der Waals surface area contributed by atoms with E-state index in [1.54, 1.807) is 24.4 Å². The third kappa shape index (κ3) is 3.09. The molecule has 2 aromatic rings. The lowest BCUT2D eigenvalue weighted by atomic mass is 10.4. The Hall–Kier alpha value is -1.30. The normalized spacial score (nSPS) is 11.6. The van der Waals surface area contributed by atoms with Crippen molar-refractivity contribution in [2.24, 2.45) is 0 Å². The van der Waals surface area contributed by atoms with Crippen molar-refractivity contribution in [3.05, 3.63) is 53.3 Å². The van der Waals surface area contributed by atoms with Crippen molar-refractivity contribution in [2.75, 3.05) is 0 Å². The number of rotatable bonds is 4. The van der Waals surface area contributed by atoms with Crippen LogP contribution in [0.2, 0.25) is 5.02 Å². The van der Waals surface area contributed by atoms with E-state index in [0.29, 0.717) is 5.02 Å². The number of nitrogens with one attached hydrogen (secondary N) is 2. The number of halogens is 1. The number of hydrogen-bond donors (Lipinski definition) is 2. The molecular formula is C11H11ClN2O2S. The Balaban J connectivity index is 2.14. The highest BCUT2D eigenvalue weighted by Gasteiger charge is 2.13. The molecule has 90 valence electrons. The van der Waals surface area contributed by atoms with Gasteiger partial charge in [0.1, 0.15) is 0 Å². The number of aromatic amines is 1. The summed E-state index contributed by atoms with van der Waals surface area (Å²) in [6, 6.07) is 9.77. The number of aromatic nitrogens is 1. The highest BCUT2D eigenvalue weighted by Crippen LogP contribution is 2.15. The van der Waals surface area contributed by atoms with E-state index in [2.05, 4.69) is 9.71 Å². The fourth-order valence-electron chi connectivity index (χ4n) is 1.37. The van der Waals surface area contributed by atoms with Gasteiger partial charge < -0.3 is 4.98 Å². The van der Waals surface area contributed by atoms with E-state index in [4.69, 9.17) is 11.6 Å². The quantitative estimate of drug-likeness (QED) is 0.894. The lowest BCUT2D eigenvalue weighted by molar-refractivity contribution is 0.580. The minimum absolute atomic E-state index is 0.163. The summed E-state index contributed by atoms with van der Waals surface area (Å²) in [5.41, 5.74) is 0.801. The second-order valence-electron chi connectivity index (χ2n) is 3.48. The molecule has 0 bridgehead atoms. The van der Waals surface area contributed by atoms with Gasteiger partial charge in [0.05, 0.1) is 11.4 Å². The molecule has 0 unspecified atom stereocenters. The Morgan fingerprint density at radius 1 is 1.24 bits per heavy atom. The maximum Gasteiger partial charge on any atom is 0.240 e. The Labute approximate surface area is 105 Å². The molecule has 2 rings (SSSR count). The second kappa shape index (κ2) is 4.91. The monoisotopic (exact) mass is 270 g/mol. The molecule has 0 amide bonds. The minimum Gasteiger partial charge on any atom is -0.364 e. The first-order valence-electron chi connectivity index (χ1n) is 4.95. The van der Waals surface area contributed by atoms with Crippen molar-refractivity contribution in [3.8, 4) is 0 Å². The zero-order chi connectivity index (χ0) is 12.3. The molecule has 0 saturated carbocycles. The average molecular weight is 271 g/mol. The van der Waals surface area contributed by atoms with E-state index in [-0.39, 0.29) is 11.4 Å². The predicted molar refractivity (Wildman–Crippen MR) is 66.3 cm³/mol. The largest absolute Gasteiger partial charge is 0.364 e. The van der Waals surface area contributed by atoms with Crippen LogP contribution in [0.15, 0.2) is 47.5 Å². The van der Waals surface area contributed by atoms with Crippen LogP contribution in [0.5, 0.6) is 0 Å². The van der Waals surface area contributed by atoms with Crippen LogP contribution in [-0.4, -0.2) is 13.4 Å². The topological polar surface area (TPSA) is 62.0 Å². The van der Waals surface area contributed by atoms with Crippen LogP contribution in [0.4, 0.5) is 0 Å². The van der Waals surface area contributed by atoms with E-state index >= 15 is 0 Å². The molecular weight excluding hydrogens is 260 g/mol. The summed E-state index contributed by atoms with van der Waals surface area (Å²) in [6.07, 6.45) is 1.74. The van der Waals surface area contributed by atoms with Gasteiger partial charge in [-0.3, -0.25) is 0 Å². The lowest BCUT2D eigenvalue weighted by Gasteiger charge is -2.05. The van der Waals surface area contributed by atoms with Crippen molar-refractivity contribution < 1.29 is 8.42 Å². The Morgan fingerprint density at radius 3 is 2.71 bits per heavy atom. The van der Waals surface area contributed by atoms with Crippen LogP contribution in [0.3, 0.4) is 0 Å². The first-order valence-corrected chi connectivity index (χ1v) is 6.81. The van der Waals surface area contributed by atoms with E-state index < -0.39 is 10.0 Å². The van der Waals surface area contributed by atoms with Gasteiger partial charge in [0.2, 0.25) is 10.0 Å². The summed E-state index contributed by atoms with van der Waals surface area (Å²) >= 11 is 5.75. The molecule has 0 aliphatic rings. The van der Waals surface area contributed by atoms with E-state index in [0.717, 1.165) is 5.69 Å². The van der Waals surface area contributed by atoms with Crippen LogP contribution in [0.1, 0.15) is 5.69 Å². The van der Waals surface area contributed by atoms with Crippen LogP contribution in [-0.2, 0) is 16.6 Å². The molecule has 6 heteroatoms. The molecule has 0 aliphatic heterocycles. The molecule has 0 spiro atoms.